The first-order chi connectivity index (χ1) is 16.0. The average Bonchev–Trinajstić information content (AvgIpc) is 3.03. The number of hydrogen-bond acceptors (Lipinski definition) is 6. The van der Waals surface area contributed by atoms with E-state index in [1.807, 2.05) is 36.2 Å². The summed E-state index contributed by atoms with van der Waals surface area (Å²) in [6, 6.07) is 9.40. The second-order valence-electron chi connectivity index (χ2n) is 9.46. The summed E-state index contributed by atoms with van der Waals surface area (Å²) in [5.41, 5.74) is 0.277. The fourth-order valence-electron chi connectivity index (χ4n) is 4.13. The van der Waals surface area contributed by atoms with Gasteiger partial charge in [-0.15, -0.1) is 0 Å². The summed E-state index contributed by atoms with van der Waals surface area (Å²) in [6.07, 6.45) is -2.31. The number of benzene rings is 2. The van der Waals surface area contributed by atoms with Gasteiger partial charge in [0, 0.05) is 19.0 Å². The number of likely N-dealkylation sites (N-methyl/N-ethyl adjacent to an activating group) is 1. The van der Waals surface area contributed by atoms with E-state index in [9.17, 15) is 18.7 Å². The van der Waals surface area contributed by atoms with Gasteiger partial charge in [0.2, 0.25) is 0 Å². The predicted molar refractivity (Wildman–Crippen MR) is 123 cm³/mol. The number of rotatable bonds is 7. The van der Waals surface area contributed by atoms with Crippen LogP contribution in [-0.4, -0.2) is 60.1 Å². The van der Waals surface area contributed by atoms with Gasteiger partial charge in [0.1, 0.15) is 29.4 Å². The molecule has 2 aromatic rings. The van der Waals surface area contributed by atoms with Crippen molar-refractivity contribution in [2.24, 2.45) is 0 Å². The lowest BCUT2D eigenvalue weighted by molar-refractivity contribution is 0.00965. The second kappa shape index (κ2) is 10.6. The Morgan fingerprint density at radius 2 is 1.85 bits per heavy atom. The molecule has 34 heavy (non-hydrogen) atoms. The van der Waals surface area contributed by atoms with Crippen molar-refractivity contribution in [3.63, 3.8) is 0 Å². The summed E-state index contributed by atoms with van der Waals surface area (Å²) in [4.78, 5) is 14.4. The third-order valence-corrected chi connectivity index (χ3v) is 5.60. The Hall–Kier alpha value is -2.91. The van der Waals surface area contributed by atoms with E-state index >= 15 is 0 Å². The standard InChI is InChI=1S/C25H32F2N2O5/c1-25(2,3)34-24(31)28-19-13-21(33-20-11-8-16(26)12-18(20)27)23(30)22(19)29(4)14-15-6-9-17(32-5)10-7-15/h6-12,19,21-23,30H,13-14H2,1-5H3,(H,28,31)/t19-,21-,22+,23+/m1/s1. The number of alkyl carbamates (subject to hydrolysis) is 1. The lowest BCUT2D eigenvalue weighted by Gasteiger charge is -2.32. The number of carbonyl (C=O) groups excluding carboxylic acids is 1. The van der Waals surface area contributed by atoms with Crippen LogP contribution in [0, 0.1) is 11.6 Å². The van der Waals surface area contributed by atoms with Gasteiger partial charge < -0.3 is 24.6 Å². The van der Waals surface area contributed by atoms with Crippen molar-refractivity contribution in [2.45, 2.75) is 63.6 Å². The summed E-state index contributed by atoms with van der Waals surface area (Å²) in [6.45, 7) is 5.74. The average molecular weight is 479 g/mol. The molecule has 0 bridgehead atoms. The number of carbonyl (C=O) groups is 1. The minimum Gasteiger partial charge on any atom is -0.497 e. The molecule has 7 nitrogen and oxygen atoms in total. The van der Waals surface area contributed by atoms with E-state index in [0.717, 1.165) is 23.4 Å². The van der Waals surface area contributed by atoms with Crippen LogP contribution >= 0.6 is 0 Å². The zero-order valence-electron chi connectivity index (χ0n) is 20.0. The highest BCUT2D eigenvalue weighted by molar-refractivity contribution is 5.68. The van der Waals surface area contributed by atoms with Crippen LogP contribution in [0.15, 0.2) is 42.5 Å². The molecule has 2 aromatic carbocycles. The van der Waals surface area contributed by atoms with Crippen LogP contribution in [0.4, 0.5) is 13.6 Å². The number of methoxy groups -OCH3 is 1. The first-order valence-corrected chi connectivity index (χ1v) is 11.1. The zero-order chi connectivity index (χ0) is 25.0. The summed E-state index contributed by atoms with van der Waals surface area (Å²) in [7, 11) is 3.41. The molecule has 0 aliphatic heterocycles. The number of aliphatic hydroxyl groups excluding tert-OH is 1. The van der Waals surface area contributed by atoms with E-state index in [1.165, 1.54) is 6.07 Å². The van der Waals surface area contributed by atoms with Crippen molar-refractivity contribution in [2.75, 3.05) is 14.2 Å². The van der Waals surface area contributed by atoms with Crippen molar-refractivity contribution in [3.05, 3.63) is 59.7 Å². The van der Waals surface area contributed by atoms with Crippen LogP contribution in [0.1, 0.15) is 32.8 Å². The molecule has 9 heteroatoms. The van der Waals surface area contributed by atoms with E-state index in [0.29, 0.717) is 6.54 Å². The van der Waals surface area contributed by atoms with E-state index in [-0.39, 0.29) is 12.2 Å². The molecule has 1 fully saturated rings. The van der Waals surface area contributed by atoms with Gasteiger partial charge in [0.15, 0.2) is 11.6 Å². The van der Waals surface area contributed by atoms with Gasteiger partial charge in [-0.25, -0.2) is 13.6 Å². The largest absolute Gasteiger partial charge is 0.497 e. The first kappa shape index (κ1) is 25.7. The summed E-state index contributed by atoms with van der Waals surface area (Å²) < 4.78 is 43.8. The van der Waals surface area contributed by atoms with Gasteiger partial charge in [-0.2, -0.15) is 0 Å². The quantitative estimate of drug-likeness (QED) is 0.629. The number of nitrogens with zero attached hydrogens (tertiary/aromatic N) is 1. The molecule has 0 aromatic heterocycles. The third-order valence-electron chi connectivity index (χ3n) is 5.60. The molecule has 1 aliphatic carbocycles. The smallest absolute Gasteiger partial charge is 0.407 e. The molecule has 0 unspecified atom stereocenters. The molecule has 0 radical (unpaired) electrons. The van der Waals surface area contributed by atoms with Gasteiger partial charge in [0.05, 0.1) is 19.2 Å². The van der Waals surface area contributed by atoms with E-state index < -0.39 is 47.6 Å². The number of amides is 1. The van der Waals surface area contributed by atoms with E-state index in [2.05, 4.69) is 5.32 Å². The second-order valence-corrected chi connectivity index (χ2v) is 9.46. The first-order valence-electron chi connectivity index (χ1n) is 11.1. The van der Waals surface area contributed by atoms with Crippen molar-refractivity contribution < 1.29 is 32.9 Å². The Kier molecular flexibility index (Phi) is 7.99. The number of ether oxygens (including phenoxy) is 3. The molecule has 1 aliphatic rings. The van der Waals surface area contributed by atoms with Crippen molar-refractivity contribution >= 4 is 6.09 Å². The fraction of sp³-hybridized carbons (Fsp3) is 0.480. The van der Waals surface area contributed by atoms with Crippen molar-refractivity contribution in [3.8, 4) is 11.5 Å². The molecule has 1 saturated carbocycles. The van der Waals surface area contributed by atoms with Gasteiger partial charge in [0.25, 0.3) is 0 Å². The molecule has 4 atom stereocenters. The maximum Gasteiger partial charge on any atom is 0.407 e. The normalized spacial score (nSPS) is 22.5. The zero-order valence-corrected chi connectivity index (χ0v) is 20.0. The maximum absolute atomic E-state index is 14.2. The molecule has 0 heterocycles. The van der Waals surface area contributed by atoms with Gasteiger partial charge >= 0.3 is 6.09 Å². The Labute approximate surface area is 198 Å². The minimum atomic E-state index is -1.06. The van der Waals surface area contributed by atoms with Crippen LogP contribution in [0.2, 0.25) is 0 Å². The molecular weight excluding hydrogens is 446 g/mol. The van der Waals surface area contributed by atoms with Crippen LogP contribution in [0.5, 0.6) is 11.5 Å². The van der Waals surface area contributed by atoms with Gasteiger partial charge in [-0.1, -0.05) is 12.1 Å². The highest BCUT2D eigenvalue weighted by Crippen LogP contribution is 2.31. The van der Waals surface area contributed by atoms with Crippen molar-refractivity contribution in [1.29, 1.82) is 0 Å². The Bertz CT molecular complexity index is 980. The Morgan fingerprint density at radius 3 is 2.44 bits per heavy atom. The van der Waals surface area contributed by atoms with Crippen LogP contribution in [-0.2, 0) is 11.3 Å². The van der Waals surface area contributed by atoms with Gasteiger partial charge in [-0.3, -0.25) is 4.90 Å². The lowest BCUT2D eigenvalue weighted by Crippen LogP contribution is -2.52. The molecule has 186 valence electrons. The molecule has 1 amide bonds. The molecule has 3 rings (SSSR count). The molecule has 0 saturated heterocycles. The minimum absolute atomic E-state index is 0.167. The third kappa shape index (κ3) is 6.57. The Balaban J connectivity index is 1.79. The Morgan fingerprint density at radius 1 is 1.18 bits per heavy atom. The number of hydrogen-bond donors (Lipinski definition) is 2. The van der Waals surface area contributed by atoms with Crippen LogP contribution in [0.25, 0.3) is 0 Å². The maximum atomic E-state index is 14.2. The van der Waals surface area contributed by atoms with Crippen LogP contribution < -0.4 is 14.8 Å². The van der Waals surface area contributed by atoms with Crippen molar-refractivity contribution in [1.82, 2.24) is 10.2 Å². The predicted octanol–water partition coefficient (Wildman–Crippen LogP) is 3.88. The topological polar surface area (TPSA) is 80.3 Å². The number of halogens is 2. The highest BCUT2D eigenvalue weighted by Gasteiger charge is 2.47. The lowest BCUT2D eigenvalue weighted by atomic mass is 10.1. The van der Waals surface area contributed by atoms with Gasteiger partial charge in [-0.05, 0) is 57.6 Å². The molecular formula is C25H32F2N2O5. The summed E-state index contributed by atoms with van der Waals surface area (Å²) in [5, 5.41) is 14.0. The summed E-state index contributed by atoms with van der Waals surface area (Å²) in [5.74, 6) is -1.02. The molecule has 2 N–H and O–H groups in total. The molecule has 0 spiro atoms. The fourth-order valence-corrected chi connectivity index (χ4v) is 4.13. The van der Waals surface area contributed by atoms with E-state index in [1.54, 1.807) is 27.9 Å². The van der Waals surface area contributed by atoms with Crippen LogP contribution in [0.3, 0.4) is 0 Å². The number of nitrogens with one attached hydrogen (secondary N) is 1. The number of aliphatic hydroxyl groups is 1. The van der Waals surface area contributed by atoms with E-state index in [4.69, 9.17) is 14.2 Å². The SMILES string of the molecule is COc1ccc(CN(C)[C@@H]2[C@@H](O)[C@H](Oc3ccc(F)cc3F)C[C@H]2NC(=O)OC(C)(C)C)cc1. The highest BCUT2D eigenvalue weighted by atomic mass is 19.1. The summed E-state index contributed by atoms with van der Waals surface area (Å²) >= 11 is 0. The monoisotopic (exact) mass is 478 g/mol.